The van der Waals surface area contributed by atoms with E-state index >= 15 is 0 Å². The van der Waals surface area contributed by atoms with Crippen LogP contribution in [0.2, 0.25) is 0 Å². The molecule has 49 heavy (non-hydrogen) atoms. The zero-order valence-electron chi connectivity index (χ0n) is 28.2. The first-order chi connectivity index (χ1) is 22.9. The van der Waals surface area contributed by atoms with Crippen molar-refractivity contribution in [3.63, 3.8) is 0 Å². The van der Waals surface area contributed by atoms with Crippen LogP contribution in [0.4, 0.5) is 13.2 Å². The maximum absolute atomic E-state index is 14.1. The molecule has 0 saturated heterocycles. The van der Waals surface area contributed by atoms with Crippen LogP contribution in [0.1, 0.15) is 95.1 Å². The van der Waals surface area contributed by atoms with Crippen LogP contribution in [-0.2, 0) is 23.0 Å². The molecule has 0 spiro atoms. The molecule has 1 heterocycles. The van der Waals surface area contributed by atoms with E-state index in [2.05, 4.69) is 10.8 Å². The highest BCUT2D eigenvalue weighted by Crippen LogP contribution is 2.59. The van der Waals surface area contributed by atoms with Crippen LogP contribution in [-0.4, -0.2) is 59.6 Å². The zero-order chi connectivity index (χ0) is 35.8. The third kappa shape index (κ3) is 8.65. The number of fused-ring (bicyclic) bond motifs is 8. The van der Waals surface area contributed by atoms with Crippen molar-refractivity contribution in [2.24, 2.45) is 5.41 Å². The number of alkyl halides is 3. The van der Waals surface area contributed by atoms with E-state index in [0.29, 0.717) is 54.5 Å². The number of hydrogen-bond donors (Lipinski definition) is 2. The van der Waals surface area contributed by atoms with Gasteiger partial charge < -0.3 is 14.9 Å². The molecule has 7 nitrogen and oxygen atoms in total. The lowest BCUT2D eigenvalue weighted by atomic mass is 9.65. The van der Waals surface area contributed by atoms with Crippen LogP contribution >= 0.6 is 11.3 Å². The second-order valence-corrected chi connectivity index (χ2v) is 17.2. The quantitative estimate of drug-likeness (QED) is 0.183. The molecule has 1 aromatic heterocycles. The van der Waals surface area contributed by atoms with Gasteiger partial charge in [0, 0.05) is 28.9 Å². The lowest BCUT2D eigenvalue weighted by Gasteiger charge is -2.45. The van der Waals surface area contributed by atoms with Gasteiger partial charge in [0.15, 0.2) is 0 Å². The number of nitrogens with zero attached hydrogens (tertiary/aromatic N) is 1. The van der Waals surface area contributed by atoms with Gasteiger partial charge in [0.05, 0.1) is 22.8 Å². The predicted molar refractivity (Wildman–Crippen MR) is 184 cm³/mol. The average molecular weight is 720 g/mol. The summed E-state index contributed by atoms with van der Waals surface area (Å²) in [6.07, 6.45) is 1.27. The van der Waals surface area contributed by atoms with Gasteiger partial charge in [-0.25, -0.2) is 8.42 Å². The van der Waals surface area contributed by atoms with Crippen LogP contribution in [0.25, 0.3) is 0 Å². The Balaban J connectivity index is 1.54. The monoisotopic (exact) mass is 719 g/mol. The highest BCUT2D eigenvalue weighted by Gasteiger charge is 2.58. The number of thiophene rings is 1. The molecule has 0 unspecified atom stereocenters. The first-order valence-corrected chi connectivity index (χ1v) is 19.1. The molecule has 1 saturated carbocycles. The molecule has 0 radical (unpaired) electrons. The number of sulfonamides is 1. The molecule has 3 aromatic rings. The first kappa shape index (κ1) is 37.2. The fourth-order valence-electron chi connectivity index (χ4n) is 7.47. The first-order valence-electron chi connectivity index (χ1n) is 16.5. The summed E-state index contributed by atoms with van der Waals surface area (Å²) in [5.74, 6) is -0.840. The van der Waals surface area contributed by atoms with Gasteiger partial charge in [0.2, 0.25) is 15.8 Å². The Hall–Kier alpha value is -3.03. The van der Waals surface area contributed by atoms with Crippen molar-refractivity contribution in [3.05, 3.63) is 98.3 Å². The van der Waals surface area contributed by atoms with Crippen LogP contribution in [0.3, 0.4) is 0 Å². The SMILES string of the molecule is CC1=CCC[C@@]2(C)[C@@H](CC[C@@]2(O)CN(Cc2ccc(OC(F)(F)F)cc2)S(C)(=O)=O)c2ccc(cc2C(=O)c2ccc(C)s2)C[C@@H](O)CC1. The highest BCUT2D eigenvalue weighted by atomic mass is 32.2. The number of ketones is 1. The molecule has 3 aliphatic carbocycles. The fraction of sp³-hybridized carbons (Fsp3) is 0.486. The largest absolute Gasteiger partial charge is 0.573 e. The van der Waals surface area contributed by atoms with Gasteiger partial charge >= 0.3 is 6.36 Å². The van der Waals surface area contributed by atoms with Gasteiger partial charge in [-0.05, 0) is 112 Å². The highest BCUT2D eigenvalue weighted by molar-refractivity contribution is 7.88. The van der Waals surface area contributed by atoms with E-state index in [9.17, 15) is 36.6 Å². The lowest BCUT2D eigenvalue weighted by molar-refractivity contribution is -0.274. The van der Waals surface area contributed by atoms with Gasteiger partial charge in [0.1, 0.15) is 5.75 Å². The summed E-state index contributed by atoms with van der Waals surface area (Å²) in [5.41, 5.74) is 1.33. The van der Waals surface area contributed by atoms with E-state index in [1.54, 1.807) is 0 Å². The van der Waals surface area contributed by atoms with Crippen molar-refractivity contribution in [3.8, 4) is 5.75 Å². The zero-order valence-corrected chi connectivity index (χ0v) is 29.9. The molecule has 0 amide bonds. The topological polar surface area (TPSA) is 104 Å². The molecule has 3 aliphatic rings. The number of benzene rings is 2. The Morgan fingerprint density at radius 2 is 1.78 bits per heavy atom. The number of halogens is 3. The van der Waals surface area contributed by atoms with Crippen molar-refractivity contribution in [2.75, 3.05) is 12.8 Å². The number of ether oxygens (including phenoxy) is 1. The molecule has 12 heteroatoms. The second-order valence-electron chi connectivity index (χ2n) is 13.9. The molecule has 2 bridgehead atoms. The second kappa shape index (κ2) is 14.3. The molecule has 6 rings (SSSR count). The number of aliphatic hydroxyl groups is 2. The summed E-state index contributed by atoms with van der Waals surface area (Å²) >= 11 is 1.41. The van der Waals surface area contributed by atoms with Crippen molar-refractivity contribution >= 4 is 27.1 Å². The normalized spacial score (nSPS) is 25.1. The summed E-state index contributed by atoms with van der Waals surface area (Å²) in [7, 11) is -3.89. The van der Waals surface area contributed by atoms with Crippen molar-refractivity contribution < 1.29 is 41.3 Å². The minimum absolute atomic E-state index is 0.124. The number of hydrogen-bond acceptors (Lipinski definition) is 7. The minimum Gasteiger partial charge on any atom is -0.406 e. The van der Waals surface area contributed by atoms with Gasteiger partial charge in [-0.1, -0.05) is 42.8 Å². The van der Waals surface area contributed by atoms with Gasteiger partial charge in [-0.3, -0.25) is 4.79 Å². The maximum atomic E-state index is 14.1. The number of carbonyl (C=O) groups excluding carboxylic acids is 1. The van der Waals surface area contributed by atoms with Crippen molar-refractivity contribution in [1.29, 1.82) is 0 Å². The van der Waals surface area contributed by atoms with E-state index in [1.807, 2.05) is 51.1 Å². The average Bonchev–Trinajstić information content (AvgIpc) is 3.55. The Morgan fingerprint density at radius 1 is 1.06 bits per heavy atom. The van der Waals surface area contributed by atoms with Crippen molar-refractivity contribution in [1.82, 2.24) is 4.31 Å². The Kier molecular flexibility index (Phi) is 10.9. The fourth-order valence-corrected chi connectivity index (χ4v) is 9.12. The van der Waals surface area contributed by atoms with Crippen molar-refractivity contribution in [2.45, 2.75) is 96.2 Å². The summed E-state index contributed by atoms with van der Waals surface area (Å²) < 4.78 is 69.6. The van der Waals surface area contributed by atoms with E-state index in [4.69, 9.17) is 0 Å². The number of carbonyl (C=O) groups is 1. The van der Waals surface area contributed by atoms with E-state index in [1.165, 1.54) is 27.8 Å². The Bertz CT molecular complexity index is 1800. The summed E-state index contributed by atoms with van der Waals surface area (Å²) in [4.78, 5) is 15.7. The number of allylic oxidation sites excluding steroid dienone is 2. The molecule has 4 atom stereocenters. The minimum atomic E-state index is -4.85. The standard InChI is InChI=1S/C37H44F3NO6S2/c1-24-6-5-18-35(3)32(30-15-11-27(20-28(42)12-7-24)21-31(30)34(43)33-16-8-25(2)48-33)17-19-36(35,44)23-41(49(4,45)46)22-26-9-13-29(14-10-26)47-37(38,39)40/h6,8-11,13-16,21,28,32,42,44H,5,7,12,17-20,22-23H2,1-4H3/t28-,32-,35-,36+/m0/s1. The molecule has 2 N–H and O–H groups in total. The number of aryl methyl sites for hydroxylation is 1. The van der Waals surface area contributed by atoms with Crippen LogP contribution in [0.5, 0.6) is 5.75 Å². The summed E-state index contributed by atoms with van der Waals surface area (Å²) in [6.45, 7) is 5.54. The summed E-state index contributed by atoms with van der Waals surface area (Å²) in [5, 5.41) is 23.5. The smallest absolute Gasteiger partial charge is 0.406 e. The predicted octanol–water partition coefficient (Wildman–Crippen LogP) is 7.69. The van der Waals surface area contributed by atoms with E-state index in [0.717, 1.165) is 40.0 Å². The van der Waals surface area contributed by atoms with Gasteiger partial charge in [-0.2, -0.15) is 4.31 Å². The van der Waals surface area contributed by atoms with Crippen LogP contribution in [0.15, 0.2) is 66.2 Å². The molecule has 1 fully saturated rings. The maximum Gasteiger partial charge on any atom is 0.573 e. The van der Waals surface area contributed by atoms with Crippen LogP contribution in [0, 0.1) is 12.3 Å². The Morgan fingerprint density at radius 3 is 2.41 bits per heavy atom. The third-order valence-corrected chi connectivity index (χ3v) is 12.5. The number of rotatable bonds is 8. The van der Waals surface area contributed by atoms with Crippen LogP contribution < -0.4 is 4.74 Å². The van der Waals surface area contributed by atoms with E-state index < -0.39 is 39.3 Å². The summed E-state index contributed by atoms with van der Waals surface area (Å²) in [6, 6.07) is 14.5. The molecular formula is C37H44F3NO6S2. The molecule has 0 aliphatic heterocycles. The van der Waals surface area contributed by atoms with E-state index in [-0.39, 0.29) is 31.2 Å². The lowest BCUT2D eigenvalue weighted by Crippen LogP contribution is -2.53. The Labute approximate surface area is 290 Å². The molecule has 2 aromatic carbocycles. The molecular weight excluding hydrogens is 676 g/mol. The third-order valence-electron chi connectivity index (χ3n) is 10.3. The van der Waals surface area contributed by atoms with Gasteiger partial charge in [-0.15, -0.1) is 24.5 Å². The number of aliphatic hydroxyl groups excluding tert-OH is 1. The van der Waals surface area contributed by atoms with Gasteiger partial charge in [0.25, 0.3) is 0 Å². The molecule has 266 valence electrons.